The zero-order valence-electron chi connectivity index (χ0n) is 8.11. The highest BCUT2D eigenvalue weighted by Gasteiger charge is 2.21. The van der Waals surface area contributed by atoms with Crippen LogP contribution in [0.1, 0.15) is 11.1 Å². The second kappa shape index (κ2) is 4.16. The van der Waals surface area contributed by atoms with Crippen LogP contribution in [0.4, 0.5) is 4.79 Å². The fourth-order valence-electron chi connectivity index (χ4n) is 1.24. The normalized spacial score (nSPS) is 18.3. The van der Waals surface area contributed by atoms with Crippen molar-refractivity contribution in [2.45, 2.75) is 6.92 Å². The summed E-state index contributed by atoms with van der Waals surface area (Å²) in [6, 6.07) is 8.08. The Morgan fingerprint density at radius 1 is 1.33 bits per heavy atom. The Morgan fingerprint density at radius 3 is 2.53 bits per heavy atom. The highest BCUT2D eigenvalue weighted by atomic mass is 32.2. The first-order chi connectivity index (χ1) is 7.15. The third-order valence-electron chi connectivity index (χ3n) is 2.02. The first-order valence-corrected chi connectivity index (χ1v) is 5.69. The van der Waals surface area contributed by atoms with Gasteiger partial charge in [0, 0.05) is 0 Å². The van der Waals surface area contributed by atoms with Gasteiger partial charge in [0.1, 0.15) is 4.99 Å². The van der Waals surface area contributed by atoms with E-state index >= 15 is 0 Å². The third kappa shape index (κ3) is 2.46. The molecule has 2 rings (SSSR count). The van der Waals surface area contributed by atoms with Crippen molar-refractivity contribution in [3.05, 3.63) is 40.3 Å². The molecule has 0 saturated carbocycles. The van der Waals surface area contributed by atoms with Gasteiger partial charge in [-0.3, -0.25) is 4.79 Å². The van der Waals surface area contributed by atoms with E-state index in [0.29, 0.717) is 4.99 Å². The minimum Gasteiger partial charge on any atom is -0.307 e. The van der Waals surface area contributed by atoms with E-state index in [1.807, 2.05) is 37.3 Å². The molecule has 0 unspecified atom stereocenters. The molecule has 15 heavy (non-hydrogen) atoms. The lowest BCUT2D eigenvalue weighted by atomic mass is 10.1. The number of hydrogen-bond acceptors (Lipinski definition) is 3. The zero-order valence-corrected chi connectivity index (χ0v) is 9.74. The number of carbonyl (C=O) groups is 1. The van der Waals surface area contributed by atoms with Crippen molar-refractivity contribution in [2.75, 3.05) is 0 Å². The smallest absolute Gasteiger partial charge is 0.289 e. The molecule has 1 fully saturated rings. The molecule has 0 radical (unpaired) electrons. The van der Waals surface area contributed by atoms with E-state index in [4.69, 9.17) is 12.2 Å². The minimum atomic E-state index is -0.0987. The van der Waals surface area contributed by atoms with Gasteiger partial charge >= 0.3 is 0 Å². The monoisotopic (exact) mass is 235 g/mol. The lowest BCUT2D eigenvalue weighted by Gasteiger charge is -1.96. The van der Waals surface area contributed by atoms with Gasteiger partial charge in [-0.15, -0.1) is 0 Å². The summed E-state index contributed by atoms with van der Waals surface area (Å²) in [6.07, 6.45) is 1.92. The standard InChI is InChI=1S/C11H9NOS2/c1-7-2-4-8(5-3-7)6-9-10(14)12-11(13)15-9/h2-6H,1H3,(H,12,13,14)/b9-6+. The lowest BCUT2D eigenvalue weighted by molar-refractivity contribution is 0.265. The predicted octanol–water partition coefficient (Wildman–Crippen LogP) is 3.12. The average molecular weight is 235 g/mol. The van der Waals surface area contributed by atoms with Gasteiger partial charge in [0.05, 0.1) is 4.91 Å². The van der Waals surface area contributed by atoms with E-state index in [0.717, 1.165) is 22.2 Å². The molecule has 0 atom stereocenters. The number of hydrogen-bond donors (Lipinski definition) is 1. The van der Waals surface area contributed by atoms with Crippen LogP contribution in [0.3, 0.4) is 0 Å². The summed E-state index contributed by atoms with van der Waals surface area (Å²) >= 11 is 6.16. The highest BCUT2D eigenvalue weighted by molar-refractivity contribution is 8.19. The third-order valence-corrected chi connectivity index (χ3v) is 3.30. The Bertz CT molecular complexity index is 448. The molecule has 1 aromatic rings. The Morgan fingerprint density at radius 2 is 2.00 bits per heavy atom. The second-order valence-corrected chi connectivity index (χ2v) is 4.69. The number of aryl methyl sites for hydroxylation is 1. The molecule has 0 bridgehead atoms. The zero-order chi connectivity index (χ0) is 10.8. The molecule has 0 spiro atoms. The molecule has 1 aliphatic rings. The molecule has 1 N–H and O–H groups in total. The Labute approximate surface area is 97.8 Å². The van der Waals surface area contributed by atoms with Crippen LogP contribution >= 0.6 is 24.0 Å². The minimum absolute atomic E-state index is 0.0987. The number of thioether (sulfide) groups is 1. The van der Waals surface area contributed by atoms with Crippen molar-refractivity contribution in [1.29, 1.82) is 0 Å². The van der Waals surface area contributed by atoms with E-state index in [1.165, 1.54) is 5.56 Å². The van der Waals surface area contributed by atoms with Gasteiger partial charge in [-0.2, -0.15) is 0 Å². The SMILES string of the molecule is Cc1ccc(/C=C2/SC(=O)NC2=S)cc1. The molecule has 2 nitrogen and oxygen atoms in total. The first-order valence-electron chi connectivity index (χ1n) is 4.47. The fourth-order valence-corrected chi connectivity index (χ4v) is 2.27. The van der Waals surface area contributed by atoms with Crippen LogP contribution in [0, 0.1) is 6.92 Å². The van der Waals surface area contributed by atoms with E-state index in [9.17, 15) is 4.79 Å². The van der Waals surface area contributed by atoms with E-state index in [2.05, 4.69) is 5.32 Å². The number of carbonyl (C=O) groups excluding carboxylic acids is 1. The summed E-state index contributed by atoms with van der Waals surface area (Å²) in [7, 11) is 0. The molecule has 1 heterocycles. The van der Waals surface area contributed by atoms with Crippen molar-refractivity contribution in [3.8, 4) is 0 Å². The predicted molar refractivity (Wildman–Crippen MR) is 67.9 cm³/mol. The highest BCUT2D eigenvalue weighted by Crippen LogP contribution is 2.26. The van der Waals surface area contributed by atoms with Crippen LogP contribution in [0.5, 0.6) is 0 Å². The van der Waals surface area contributed by atoms with Crippen LogP contribution in [-0.4, -0.2) is 10.2 Å². The number of thiocarbonyl (C=S) groups is 1. The van der Waals surface area contributed by atoms with Crippen molar-refractivity contribution < 1.29 is 4.79 Å². The maximum atomic E-state index is 11.0. The van der Waals surface area contributed by atoms with Gasteiger partial charge in [-0.05, 0) is 30.3 Å². The molecular weight excluding hydrogens is 226 g/mol. The van der Waals surface area contributed by atoms with Crippen molar-refractivity contribution >= 4 is 40.3 Å². The maximum absolute atomic E-state index is 11.0. The number of amides is 1. The van der Waals surface area contributed by atoms with E-state index in [-0.39, 0.29) is 5.24 Å². The summed E-state index contributed by atoms with van der Waals surface area (Å²) in [4.78, 5) is 12.4. The summed E-state index contributed by atoms with van der Waals surface area (Å²) in [5.74, 6) is 0. The molecule has 1 aromatic carbocycles. The van der Waals surface area contributed by atoms with Gasteiger partial charge in [0.15, 0.2) is 0 Å². The number of rotatable bonds is 1. The molecule has 1 aliphatic heterocycles. The number of nitrogens with one attached hydrogen (secondary N) is 1. The molecule has 0 aliphatic carbocycles. The van der Waals surface area contributed by atoms with Crippen LogP contribution in [0.25, 0.3) is 6.08 Å². The van der Waals surface area contributed by atoms with E-state index < -0.39 is 0 Å². The van der Waals surface area contributed by atoms with Crippen molar-refractivity contribution in [3.63, 3.8) is 0 Å². The summed E-state index contributed by atoms with van der Waals surface area (Å²) < 4.78 is 0. The molecule has 0 aromatic heterocycles. The van der Waals surface area contributed by atoms with Crippen molar-refractivity contribution in [1.82, 2.24) is 5.32 Å². The van der Waals surface area contributed by atoms with Gasteiger partial charge in [0.25, 0.3) is 5.24 Å². The van der Waals surface area contributed by atoms with Crippen molar-refractivity contribution in [2.24, 2.45) is 0 Å². The Balaban J connectivity index is 2.27. The van der Waals surface area contributed by atoms with Gasteiger partial charge in [-0.25, -0.2) is 0 Å². The quantitative estimate of drug-likeness (QED) is 0.599. The molecular formula is C11H9NOS2. The van der Waals surface area contributed by atoms with E-state index in [1.54, 1.807) is 0 Å². The summed E-state index contributed by atoms with van der Waals surface area (Å²) in [5.41, 5.74) is 2.27. The van der Waals surface area contributed by atoms with Crippen LogP contribution in [-0.2, 0) is 0 Å². The Kier molecular flexibility index (Phi) is 2.88. The second-order valence-electron chi connectivity index (χ2n) is 3.26. The molecule has 1 amide bonds. The largest absolute Gasteiger partial charge is 0.307 e. The molecule has 76 valence electrons. The number of benzene rings is 1. The summed E-state index contributed by atoms with van der Waals surface area (Å²) in [5, 5.41) is 2.49. The van der Waals surface area contributed by atoms with Crippen LogP contribution in [0.15, 0.2) is 29.2 Å². The van der Waals surface area contributed by atoms with Crippen LogP contribution < -0.4 is 5.32 Å². The fraction of sp³-hybridized carbons (Fsp3) is 0.0909. The molecule has 4 heteroatoms. The van der Waals surface area contributed by atoms with Gasteiger partial charge in [-0.1, -0.05) is 42.0 Å². The Hall–Kier alpha value is -1.13. The average Bonchev–Trinajstić information content (AvgIpc) is 2.49. The van der Waals surface area contributed by atoms with Gasteiger partial charge < -0.3 is 5.32 Å². The topological polar surface area (TPSA) is 29.1 Å². The maximum Gasteiger partial charge on any atom is 0.289 e. The molecule has 1 saturated heterocycles. The lowest BCUT2D eigenvalue weighted by Crippen LogP contribution is -2.15. The van der Waals surface area contributed by atoms with Crippen LogP contribution in [0.2, 0.25) is 0 Å². The summed E-state index contributed by atoms with van der Waals surface area (Å²) in [6.45, 7) is 2.04. The first kappa shape index (κ1) is 10.4. The van der Waals surface area contributed by atoms with Gasteiger partial charge in [0.2, 0.25) is 0 Å².